The first-order chi connectivity index (χ1) is 15.8. The van der Waals surface area contributed by atoms with Gasteiger partial charge in [0.2, 0.25) is 5.91 Å². The zero-order valence-electron chi connectivity index (χ0n) is 17.9. The maximum Gasteiger partial charge on any atom is 0.420 e. The van der Waals surface area contributed by atoms with E-state index in [1.807, 2.05) is 6.92 Å². The third kappa shape index (κ3) is 6.01. The summed E-state index contributed by atoms with van der Waals surface area (Å²) in [6.45, 7) is 2.34. The van der Waals surface area contributed by atoms with E-state index in [2.05, 4.69) is 15.6 Å². The number of carbonyl (C=O) groups is 1. The fraction of sp³-hybridized carbons (Fsp3) is 0.348. The smallest absolute Gasteiger partial charge is 0.420 e. The number of thiocarbonyl (C=S) groups is 1. The number of dihydropyridines is 1. The van der Waals surface area contributed by atoms with Crippen LogP contribution in [0.4, 0.5) is 18.9 Å². The molecule has 1 aliphatic heterocycles. The van der Waals surface area contributed by atoms with Crippen molar-refractivity contribution in [2.45, 2.75) is 37.8 Å². The number of anilines is 1. The highest BCUT2D eigenvalue weighted by atomic mass is 32.1. The van der Waals surface area contributed by atoms with Gasteiger partial charge in [0.25, 0.3) is 0 Å². The number of aliphatic imine (C=N–C) groups is 1. The van der Waals surface area contributed by atoms with Crippen molar-refractivity contribution >= 4 is 35.1 Å². The van der Waals surface area contributed by atoms with Crippen molar-refractivity contribution in [3.05, 3.63) is 60.1 Å². The van der Waals surface area contributed by atoms with Gasteiger partial charge < -0.3 is 19.8 Å². The molecule has 1 aliphatic rings. The Balaban J connectivity index is 1.72. The molecule has 0 fully saturated rings. The van der Waals surface area contributed by atoms with E-state index in [9.17, 15) is 18.0 Å². The summed E-state index contributed by atoms with van der Waals surface area (Å²) in [5.41, 5.74) is -1.40. The lowest BCUT2D eigenvalue weighted by Gasteiger charge is -2.28. The molecular weight excluding hydrogens is 455 g/mol. The normalized spacial score (nSPS) is 17.6. The molecule has 0 saturated heterocycles. The first-order valence-corrected chi connectivity index (χ1v) is 10.8. The maximum atomic E-state index is 13.6. The summed E-state index contributed by atoms with van der Waals surface area (Å²) < 4.78 is 51.1. The standard InChI is InChI=1S/C23H24F3N3O3S/c1-2-3-4-11-32-19-7-6-17(13-18(19)23(24,25)26)28-21(33)29-20(30)22(9-5-10-27-15-22)16-8-12-31-14-16/h5-10,12-14H,2-4,11,15H2,1H3,(H2,28,29,30,33). The Morgan fingerprint density at radius 1 is 1.30 bits per heavy atom. The number of benzene rings is 1. The molecule has 2 heterocycles. The average molecular weight is 480 g/mol. The SMILES string of the molecule is CCCCCOc1ccc(NC(=S)NC(=O)C2(c3ccoc3)C=CC=NC2)cc1C(F)(F)F. The van der Waals surface area contributed by atoms with Gasteiger partial charge in [-0.1, -0.05) is 25.8 Å². The number of nitrogens with one attached hydrogen (secondary N) is 2. The van der Waals surface area contributed by atoms with Crippen LogP contribution < -0.4 is 15.4 Å². The molecule has 1 amide bonds. The maximum absolute atomic E-state index is 13.6. The zero-order valence-corrected chi connectivity index (χ0v) is 18.8. The molecule has 10 heteroatoms. The third-order valence-corrected chi connectivity index (χ3v) is 5.33. The zero-order chi connectivity index (χ0) is 23.9. The number of carbonyl (C=O) groups excluding carboxylic acids is 1. The van der Waals surface area contributed by atoms with Crippen molar-refractivity contribution in [3.63, 3.8) is 0 Å². The molecule has 3 rings (SSSR count). The van der Waals surface area contributed by atoms with Crippen molar-refractivity contribution in [1.82, 2.24) is 5.32 Å². The summed E-state index contributed by atoms with van der Waals surface area (Å²) in [6.07, 6.45) is 5.64. The van der Waals surface area contributed by atoms with Gasteiger partial charge in [-0.2, -0.15) is 13.2 Å². The highest BCUT2D eigenvalue weighted by Gasteiger charge is 2.40. The number of hydrogen-bond acceptors (Lipinski definition) is 5. The Hall–Kier alpha value is -3.14. The largest absolute Gasteiger partial charge is 0.493 e. The summed E-state index contributed by atoms with van der Waals surface area (Å²) in [5.74, 6) is -0.732. The van der Waals surface area contributed by atoms with Crippen LogP contribution in [-0.4, -0.2) is 30.4 Å². The van der Waals surface area contributed by atoms with Crippen molar-refractivity contribution in [1.29, 1.82) is 0 Å². The Labute approximate surface area is 194 Å². The fourth-order valence-corrected chi connectivity index (χ4v) is 3.58. The second kappa shape index (κ2) is 10.7. The van der Waals surface area contributed by atoms with Crippen LogP contribution in [-0.2, 0) is 16.4 Å². The van der Waals surface area contributed by atoms with Crippen LogP contribution >= 0.6 is 12.2 Å². The van der Waals surface area contributed by atoms with Crippen LogP contribution in [0.25, 0.3) is 0 Å². The van der Waals surface area contributed by atoms with Crippen molar-refractivity contribution < 1.29 is 27.1 Å². The highest BCUT2D eigenvalue weighted by Crippen LogP contribution is 2.38. The predicted molar refractivity (Wildman–Crippen MR) is 124 cm³/mol. The molecule has 0 bridgehead atoms. The Morgan fingerprint density at radius 2 is 2.12 bits per heavy atom. The van der Waals surface area contributed by atoms with E-state index < -0.39 is 23.1 Å². The number of furan rings is 1. The summed E-state index contributed by atoms with van der Waals surface area (Å²) in [5, 5.41) is 5.06. The van der Waals surface area contributed by atoms with Gasteiger partial charge in [0.15, 0.2) is 5.11 Å². The van der Waals surface area contributed by atoms with Crippen molar-refractivity contribution in [2.24, 2.45) is 4.99 Å². The second-order valence-corrected chi connectivity index (χ2v) is 7.91. The lowest BCUT2D eigenvalue weighted by molar-refractivity contribution is -0.139. The summed E-state index contributed by atoms with van der Waals surface area (Å²) >= 11 is 5.19. The molecule has 0 spiro atoms. The van der Waals surface area contributed by atoms with E-state index in [0.29, 0.717) is 12.0 Å². The second-order valence-electron chi connectivity index (χ2n) is 7.50. The Morgan fingerprint density at radius 3 is 2.76 bits per heavy atom. The Kier molecular flexibility index (Phi) is 7.91. The summed E-state index contributed by atoms with van der Waals surface area (Å²) in [7, 11) is 0. The summed E-state index contributed by atoms with van der Waals surface area (Å²) in [4.78, 5) is 17.2. The van der Waals surface area contributed by atoms with Gasteiger partial charge >= 0.3 is 6.18 Å². The van der Waals surface area contributed by atoms with E-state index in [0.717, 1.165) is 18.9 Å². The first-order valence-electron chi connectivity index (χ1n) is 10.4. The topological polar surface area (TPSA) is 75.9 Å². The molecule has 0 saturated carbocycles. The minimum absolute atomic E-state index is 0.0723. The van der Waals surface area contributed by atoms with Crippen LogP contribution in [0.3, 0.4) is 0 Å². The molecule has 2 N–H and O–H groups in total. The van der Waals surface area contributed by atoms with Crippen LogP contribution in [0.15, 0.2) is 58.4 Å². The fourth-order valence-electron chi connectivity index (χ4n) is 3.37. The molecule has 2 aromatic rings. The number of hydrogen-bond donors (Lipinski definition) is 2. The van der Waals surface area contributed by atoms with Gasteiger partial charge in [0.05, 0.1) is 31.2 Å². The minimum Gasteiger partial charge on any atom is -0.493 e. The molecule has 176 valence electrons. The van der Waals surface area contributed by atoms with Gasteiger partial charge in [-0.25, -0.2) is 0 Å². The minimum atomic E-state index is -4.61. The molecule has 0 radical (unpaired) electrons. The number of alkyl halides is 3. The molecule has 33 heavy (non-hydrogen) atoms. The molecular formula is C23H24F3N3O3S. The third-order valence-electron chi connectivity index (χ3n) is 5.13. The van der Waals surface area contributed by atoms with Crippen LogP contribution in [0, 0.1) is 0 Å². The van der Waals surface area contributed by atoms with E-state index in [1.54, 1.807) is 24.4 Å². The number of rotatable bonds is 8. The number of ether oxygens (including phenoxy) is 1. The van der Waals surface area contributed by atoms with Gasteiger partial charge in [0, 0.05) is 17.5 Å². The van der Waals surface area contributed by atoms with Crippen LogP contribution in [0.5, 0.6) is 5.75 Å². The molecule has 1 aromatic heterocycles. The van der Waals surface area contributed by atoms with Crippen LogP contribution in [0.1, 0.15) is 37.3 Å². The summed E-state index contributed by atoms with van der Waals surface area (Å²) in [6, 6.07) is 5.22. The first kappa shape index (κ1) is 24.5. The Bertz CT molecular complexity index is 1040. The van der Waals surface area contributed by atoms with E-state index in [1.165, 1.54) is 24.7 Å². The van der Waals surface area contributed by atoms with E-state index in [4.69, 9.17) is 21.4 Å². The number of allylic oxidation sites excluding steroid dienone is 1. The lowest BCUT2D eigenvalue weighted by atomic mass is 9.79. The number of halogens is 3. The quantitative estimate of drug-likeness (QED) is 0.399. The van der Waals surface area contributed by atoms with E-state index >= 15 is 0 Å². The van der Waals surface area contributed by atoms with Crippen LogP contribution in [0.2, 0.25) is 0 Å². The average Bonchev–Trinajstić information content (AvgIpc) is 3.32. The van der Waals surface area contributed by atoms with Gasteiger partial charge in [-0.3, -0.25) is 9.79 Å². The monoisotopic (exact) mass is 479 g/mol. The lowest BCUT2D eigenvalue weighted by Crippen LogP contribution is -2.49. The number of unbranched alkanes of at least 4 members (excludes halogenated alkanes) is 2. The highest BCUT2D eigenvalue weighted by molar-refractivity contribution is 7.80. The molecule has 6 nitrogen and oxygen atoms in total. The number of amides is 1. The molecule has 1 unspecified atom stereocenters. The van der Waals surface area contributed by atoms with Crippen molar-refractivity contribution in [2.75, 3.05) is 18.5 Å². The molecule has 1 atom stereocenters. The predicted octanol–water partition coefficient (Wildman–Crippen LogP) is 5.26. The molecule has 0 aliphatic carbocycles. The number of nitrogens with zero attached hydrogens (tertiary/aromatic N) is 1. The van der Waals surface area contributed by atoms with Gasteiger partial charge in [0.1, 0.15) is 11.2 Å². The van der Waals surface area contributed by atoms with Gasteiger partial charge in [-0.05, 0) is 49.0 Å². The van der Waals surface area contributed by atoms with Gasteiger partial charge in [-0.15, -0.1) is 0 Å². The van der Waals surface area contributed by atoms with Crippen molar-refractivity contribution in [3.8, 4) is 5.75 Å². The molecule has 1 aromatic carbocycles. The van der Waals surface area contributed by atoms with E-state index in [-0.39, 0.29) is 29.7 Å².